The number of ether oxygens (including phenoxy) is 1. The van der Waals surface area contributed by atoms with Gasteiger partial charge in [0, 0.05) is 24.2 Å². The molecule has 0 saturated carbocycles. The Morgan fingerprint density at radius 2 is 2.04 bits per heavy atom. The molecule has 1 amide bonds. The summed E-state index contributed by atoms with van der Waals surface area (Å²) in [6.07, 6.45) is 2.62. The van der Waals surface area contributed by atoms with Gasteiger partial charge in [-0.2, -0.15) is 5.10 Å². The summed E-state index contributed by atoms with van der Waals surface area (Å²) in [4.78, 5) is 12.6. The predicted octanol–water partition coefficient (Wildman–Crippen LogP) is 3.97. The number of fused-ring (bicyclic) bond motifs is 1. The number of halogens is 1. The predicted molar refractivity (Wildman–Crippen MR) is 104 cm³/mol. The molecule has 5 nitrogen and oxygen atoms in total. The Morgan fingerprint density at radius 1 is 1.25 bits per heavy atom. The highest BCUT2D eigenvalue weighted by Gasteiger charge is 2.34. The molecule has 0 radical (unpaired) electrons. The molecule has 1 aliphatic heterocycles. The van der Waals surface area contributed by atoms with Gasteiger partial charge in [-0.15, -0.1) is 0 Å². The van der Waals surface area contributed by atoms with E-state index in [9.17, 15) is 9.18 Å². The van der Waals surface area contributed by atoms with Gasteiger partial charge in [0.2, 0.25) is 5.91 Å². The smallest absolute Gasteiger partial charge is 0.226 e. The van der Waals surface area contributed by atoms with Gasteiger partial charge in [-0.05, 0) is 38.1 Å². The molecule has 144 valence electrons. The summed E-state index contributed by atoms with van der Waals surface area (Å²) in [6.45, 7) is 3.86. The zero-order valence-electron chi connectivity index (χ0n) is 15.9. The number of carbonyl (C=O) groups excluding carboxylic acids is 1. The number of hydrogen-bond acceptors (Lipinski definition) is 3. The second-order valence-corrected chi connectivity index (χ2v) is 7.63. The van der Waals surface area contributed by atoms with E-state index in [0.29, 0.717) is 17.9 Å². The second kappa shape index (κ2) is 7.11. The van der Waals surface area contributed by atoms with Crippen molar-refractivity contribution in [1.82, 2.24) is 15.1 Å². The number of rotatable bonds is 4. The third-order valence-electron chi connectivity index (χ3n) is 4.77. The second-order valence-electron chi connectivity index (χ2n) is 7.63. The zero-order valence-corrected chi connectivity index (χ0v) is 15.9. The van der Waals surface area contributed by atoms with E-state index in [1.165, 1.54) is 12.1 Å². The van der Waals surface area contributed by atoms with Crippen LogP contribution in [0.5, 0.6) is 5.75 Å². The third kappa shape index (κ3) is 3.91. The summed E-state index contributed by atoms with van der Waals surface area (Å²) < 4.78 is 21.2. The average molecular weight is 379 g/mol. The first-order valence-electron chi connectivity index (χ1n) is 9.27. The molecule has 0 bridgehead atoms. The van der Waals surface area contributed by atoms with Crippen molar-refractivity contribution in [3.63, 3.8) is 0 Å². The molecule has 6 heteroatoms. The lowest BCUT2D eigenvalue weighted by Crippen LogP contribution is -2.41. The van der Waals surface area contributed by atoms with Crippen molar-refractivity contribution in [2.24, 2.45) is 0 Å². The molecule has 28 heavy (non-hydrogen) atoms. The Kier molecular flexibility index (Phi) is 4.63. The van der Waals surface area contributed by atoms with Gasteiger partial charge >= 0.3 is 0 Å². The highest BCUT2D eigenvalue weighted by molar-refractivity contribution is 5.78. The Morgan fingerprint density at radius 3 is 2.82 bits per heavy atom. The maximum atomic E-state index is 13.6. The van der Waals surface area contributed by atoms with Gasteiger partial charge in [0.25, 0.3) is 0 Å². The van der Waals surface area contributed by atoms with Crippen molar-refractivity contribution in [3.8, 4) is 11.4 Å². The molecule has 1 atom stereocenters. The van der Waals surface area contributed by atoms with Crippen molar-refractivity contribution < 1.29 is 13.9 Å². The third-order valence-corrected chi connectivity index (χ3v) is 4.77. The van der Waals surface area contributed by atoms with Crippen molar-refractivity contribution >= 4 is 5.91 Å². The van der Waals surface area contributed by atoms with Crippen LogP contribution in [0.3, 0.4) is 0 Å². The molecule has 0 aliphatic carbocycles. The number of amides is 1. The first-order valence-corrected chi connectivity index (χ1v) is 9.27. The topological polar surface area (TPSA) is 56.2 Å². The summed E-state index contributed by atoms with van der Waals surface area (Å²) in [7, 11) is 0. The fourth-order valence-electron chi connectivity index (χ4n) is 3.54. The molecule has 1 N–H and O–H groups in total. The lowest BCUT2D eigenvalue weighted by atomic mass is 9.89. The molecular formula is C22H22FN3O2. The van der Waals surface area contributed by atoms with Gasteiger partial charge in [0.05, 0.1) is 23.8 Å². The van der Waals surface area contributed by atoms with Gasteiger partial charge in [-0.1, -0.05) is 24.3 Å². The maximum Gasteiger partial charge on any atom is 0.226 e. The minimum Gasteiger partial charge on any atom is -0.487 e. The molecule has 0 fully saturated rings. The monoisotopic (exact) mass is 379 g/mol. The molecule has 1 unspecified atom stereocenters. The van der Waals surface area contributed by atoms with Crippen LogP contribution in [0.2, 0.25) is 0 Å². The molecule has 2 heterocycles. The highest BCUT2D eigenvalue weighted by Crippen LogP contribution is 2.39. The summed E-state index contributed by atoms with van der Waals surface area (Å²) in [6, 6.07) is 15.8. The number of nitrogens with zero attached hydrogens (tertiary/aromatic N) is 2. The summed E-state index contributed by atoms with van der Waals surface area (Å²) in [5, 5.41) is 7.54. The molecule has 0 spiro atoms. The minimum absolute atomic E-state index is 0.128. The summed E-state index contributed by atoms with van der Waals surface area (Å²) in [5.74, 6) is -0.000768. The molecule has 2 aromatic carbocycles. The molecular weight excluding hydrogens is 357 g/mol. The fraction of sp³-hybridized carbons (Fsp3) is 0.273. The standard InChI is InChI=1S/C22H22FN3O2/c1-22(2)14-19(18-9-8-15(23)12-20(18)28-22)24-21(27)13-16-10-11-26(25-16)17-6-4-3-5-7-17/h3-12,19H,13-14H2,1-2H3,(H,24,27). The van der Waals surface area contributed by atoms with Crippen LogP contribution in [0.25, 0.3) is 5.69 Å². The first-order chi connectivity index (χ1) is 13.4. The number of carbonyl (C=O) groups is 1. The van der Waals surface area contributed by atoms with E-state index in [0.717, 1.165) is 11.3 Å². The molecule has 4 rings (SSSR count). The van der Waals surface area contributed by atoms with Gasteiger partial charge in [0.15, 0.2) is 0 Å². The average Bonchev–Trinajstić information content (AvgIpc) is 3.09. The lowest BCUT2D eigenvalue weighted by molar-refractivity contribution is -0.121. The van der Waals surface area contributed by atoms with Crippen molar-refractivity contribution in [2.75, 3.05) is 0 Å². The molecule has 1 aromatic heterocycles. The van der Waals surface area contributed by atoms with E-state index in [1.807, 2.05) is 56.4 Å². The van der Waals surface area contributed by atoms with Crippen LogP contribution >= 0.6 is 0 Å². The fourth-order valence-corrected chi connectivity index (χ4v) is 3.54. The van der Waals surface area contributed by atoms with Crippen molar-refractivity contribution in [1.29, 1.82) is 0 Å². The van der Waals surface area contributed by atoms with E-state index in [2.05, 4.69) is 10.4 Å². The SMILES string of the molecule is CC1(C)CC(NC(=O)Cc2ccn(-c3ccccc3)n2)c2ccc(F)cc2O1. The Hall–Kier alpha value is -3.15. The minimum atomic E-state index is -0.492. The van der Waals surface area contributed by atoms with Gasteiger partial charge < -0.3 is 10.1 Å². The zero-order chi connectivity index (χ0) is 19.7. The summed E-state index contributed by atoms with van der Waals surface area (Å²) in [5.41, 5.74) is 1.93. The van der Waals surface area contributed by atoms with Gasteiger partial charge in [-0.3, -0.25) is 4.79 Å². The first kappa shape index (κ1) is 18.2. The summed E-state index contributed by atoms with van der Waals surface area (Å²) >= 11 is 0. The van der Waals surface area contributed by atoms with Crippen molar-refractivity contribution in [3.05, 3.63) is 77.9 Å². The van der Waals surface area contributed by atoms with Gasteiger partial charge in [0.1, 0.15) is 17.2 Å². The number of aromatic nitrogens is 2. The molecule has 3 aromatic rings. The largest absolute Gasteiger partial charge is 0.487 e. The number of para-hydroxylation sites is 1. The van der Waals surface area contributed by atoms with Crippen LogP contribution in [0.1, 0.15) is 37.6 Å². The quantitative estimate of drug-likeness (QED) is 0.746. The molecule has 0 saturated heterocycles. The Bertz CT molecular complexity index is 998. The number of nitrogens with one attached hydrogen (secondary N) is 1. The lowest BCUT2D eigenvalue weighted by Gasteiger charge is -2.37. The highest BCUT2D eigenvalue weighted by atomic mass is 19.1. The molecule has 1 aliphatic rings. The van der Waals surface area contributed by atoms with E-state index in [1.54, 1.807) is 10.7 Å². The van der Waals surface area contributed by atoms with Gasteiger partial charge in [-0.25, -0.2) is 9.07 Å². The van der Waals surface area contributed by atoms with Crippen LogP contribution in [0.4, 0.5) is 4.39 Å². The van der Waals surface area contributed by atoms with E-state index in [4.69, 9.17) is 4.74 Å². The van der Waals surface area contributed by atoms with Crippen LogP contribution in [0, 0.1) is 5.82 Å². The van der Waals surface area contributed by atoms with Crippen LogP contribution in [-0.4, -0.2) is 21.3 Å². The normalized spacial score (nSPS) is 17.5. The Labute approximate surface area is 163 Å². The number of hydrogen-bond donors (Lipinski definition) is 1. The van der Waals surface area contributed by atoms with E-state index in [-0.39, 0.29) is 24.2 Å². The van der Waals surface area contributed by atoms with Crippen molar-refractivity contribution in [2.45, 2.75) is 38.3 Å². The Balaban J connectivity index is 1.48. The number of benzene rings is 2. The van der Waals surface area contributed by atoms with E-state index >= 15 is 0 Å². The van der Waals surface area contributed by atoms with E-state index < -0.39 is 5.60 Å². The van der Waals surface area contributed by atoms with Crippen LogP contribution < -0.4 is 10.1 Å². The van der Waals surface area contributed by atoms with Crippen LogP contribution in [-0.2, 0) is 11.2 Å². The van der Waals surface area contributed by atoms with Crippen LogP contribution in [0.15, 0.2) is 60.8 Å². The maximum absolute atomic E-state index is 13.6.